The van der Waals surface area contributed by atoms with Gasteiger partial charge in [0.1, 0.15) is 6.54 Å². The smallest absolute Gasteiger partial charge is 0.264 e. The number of hydrogen-bond acceptors (Lipinski definition) is 3. The highest BCUT2D eigenvalue weighted by atomic mass is 32.2. The quantitative estimate of drug-likeness (QED) is 0.319. The van der Waals surface area contributed by atoms with Crippen molar-refractivity contribution in [2.45, 2.75) is 24.9 Å². The van der Waals surface area contributed by atoms with E-state index in [1.165, 1.54) is 4.31 Å². The molecule has 4 rings (SSSR count). The van der Waals surface area contributed by atoms with Gasteiger partial charge in [-0.3, -0.25) is 9.10 Å². The van der Waals surface area contributed by atoms with Crippen molar-refractivity contribution >= 4 is 21.6 Å². The number of benzene rings is 4. The summed E-state index contributed by atoms with van der Waals surface area (Å²) in [7, 11) is -3.96. The molecule has 0 aliphatic carbocycles. The molecule has 0 aliphatic heterocycles. The Bertz CT molecular complexity index is 1300. The van der Waals surface area contributed by atoms with Crippen LogP contribution < -0.4 is 4.31 Å². The number of hydrogen-bond donors (Lipinski definition) is 0. The topological polar surface area (TPSA) is 57.7 Å². The molecule has 0 saturated heterocycles. The summed E-state index contributed by atoms with van der Waals surface area (Å²) in [5, 5.41) is 0. The zero-order chi connectivity index (χ0) is 24.7. The fourth-order valence-electron chi connectivity index (χ4n) is 3.81. The number of rotatable bonds is 9. The van der Waals surface area contributed by atoms with Crippen molar-refractivity contribution in [1.82, 2.24) is 4.90 Å². The first-order valence-electron chi connectivity index (χ1n) is 11.4. The van der Waals surface area contributed by atoms with Gasteiger partial charge >= 0.3 is 0 Å². The summed E-state index contributed by atoms with van der Waals surface area (Å²) >= 11 is 0. The third kappa shape index (κ3) is 6.16. The van der Waals surface area contributed by atoms with Gasteiger partial charge in [0.05, 0.1) is 10.6 Å². The zero-order valence-electron chi connectivity index (χ0n) is 19.6. The van der Waals surface area contributed by atoms with Crippen LogP contribution in [0.1, 0.15) is 16.7 Å². The van der Waals surface area contributed by atoms with Crippen LogP contribution in [0.3, 0.4) is 0 Å². The van der Waals surface area contributed by atoms with Crippen molar-refractivity contribution in [2.75, 3.05) is 10.8 Å². The van der Waals surface area contributed by atoms with E-state index in [4.69, 9.17) is 0 Å². The molecule has 0 aliphatic rings. The highest BCUT2D eigenvalue weighted by molar-refractivity contribution is 7.92. The van der Waals surface area contributed by atoms with Gasteiger partial charge in [0.15, 0.2) is 0 Å². The molecule has 35 heavy (non-hydrogen) atoms. The molecule has 4 aromatic carbocycles. The molecule has 0 unspecified atom stereocenters. The van der Waals surface area contributed by atoms with Crippen LogP contribution in [-0.2, 0) is 27.9 Å². The van der Waals surface area contributed by atoms with Crippen molar-refractivity contribution < 1.29 is 13.2 Å². The first-order chi connectivity index (χ1) is 16.9. The second-order valence-electron chi connectivity index (χ2n) is 8.38. The van der Waals surface area contributed by atoms with Crippen molar-refractivity contribution in [3.8, 4) is 0 Å². The average molecular weight is 485 g/mol. The Morgan fingerprint density at radius 2 is 1.11 bits per heavy atom. The average Bonchev–Trinajstić information content (AvgIpc) is 2.88. The maximum Gasteiger partial charge on any atom is 0.264 e. The van der Waals surface area contributed by atoms with Crippen molar-refractivity contribution in [3.63, 3.8) is 0 Å². The molecule has 0 heterocycles. The Labute approximate surface area is 207 Å². The van der Waals surface area contributed by atoms with E-state index in [0.717, 1.165) is 16.7 Å². The third-order valence-electron chi connectivity index (χ3n) is 5.72. The van der Waals surface area contributed by atoms with Gasteiger partial charge in [-0.15, -0.1) is 0 Å². The molecule has 0 radical (unpaired) electrons. The number of sulfonamides is 1. The minimum atomic E-state index is -3.96. The Morgan fingerprint density at radius 1 is 0.657 bits per heavy atom. The standard InChI is InChI=1S/C29H28N2O3S/c1-24-17-19-28(20-18-24)35(33,34)31(27-15-9-4-10-16-27)23-29(32)30(21-25-11-5-2-6-12-25)22-26-13-7-3-8-14-26/h2-20H,21-23H2,1H3. The van der Waals surface area contributed by atoms with E-state index in [0.29, 0.717) is 18.8 Å². The Morgan fingerprint density at radius 3 is 1.60 bits per heavy atom. The van der Waals surface area contributed by atoms with Gasteiger partial charge in [-0.05, 0) is 42.3 Å². The van der Waals surface area contributed by atoms with Crippen LogP contribution in [0.5, 0.6) is 0 Å². The second-order valence-corrected chi connectivity index (χ2v) is 10.2. The molecule has 0 bridgehead atoms. The molecule has 0 N–H and O–H groups in total. The maximum atomic E-state index is 13.7. The maximum absolute atomic E-state index is 13.7. The van der Waals surface area contributed by atoms with Crippen LogP contribution in [0.25, 0.3) is 0 Å². The van der Waals surface area contributed by atoms with E-state index < -0.39 is 10.0 Å². The van der Waals surface area contributed by atoms with Gasteiger partial charge in [-0.25, -0.2) is 8.42 Å². The molecule has 178 valence electrons. The van der Waals surface area contributed by atoms with Gasteiger partial charge in [0.2, 0.25) is 5.91 Å². The fourth-order valence-corrected chi connectivity index (χ4v) is 5.22. The molecule has 0 fully saturated rings. The molecular weight excluding hydrogens is 456 g/mol. The molecule has 0 spiro atoms. The highest BCUT2D eigenvalue weighted by Gasteiger charge is 2.29. The fraction of sp³-hybridized carbons (Fsp3) is 0.138. The number of para-hydroxylation sites is 1. The van der Waals surface area contributed by atoms with Crippen LogP contribution in [0.4, 0.5) is 5.69 Å². The molecule has 1 amide bonds. The van der Waals surface area contributed by atoms with Crippen LogP contribution >= 0.6 is 0 Å². The summed E-state index contributed by atoms with van der Waals surface area (Å²) in [6.45, 7) is 2.35. The summed E-state index contributed by atoms with van der Waals surface area (Å²) in [5.41, 5.74) is 3.36. The predicted octanol–water partition coefficient (Wildman–Crippen LogP) is 5.42. The summed E-state index contributed by atoms with van der Waals surface area (Å²) in [4.78, 5) is 15.5. The molecule has 0 saturated carbocycles. The van der Waals surface area contributed by atoms with Gasteiger partial charge in [-0.2, -0.15) is 0 Å². The Hall–Kier alpha value is -3.90. The SMILES string of the molecule is Cc1ccc(S(=O)(=O)N(CC(=O)N(Cc2ccccc2)Cc2ccccc2)c2ccccc2)cc1. The minimum Gasteiger partial charge on any atom is -0.332 e. The predicted molar refractivity (Wildman–Crippen MR) is 139 cm³/mol. The van der Waals surface area contributed by atoms with Crippen LogP contribution in [-0.4, -0.2) is 25.8 Å². The molecule has 6 heteroatoms. The van der Waals surface area contributed by atoms with E-state index in [1.54, 1.807) is 53.4 Å². The van der Waals surface area contributed by atoms with Crippen LogP contribution in [0.2, 0.25) is 0 Å². The number of aryl methyl sites for hydroxylation is 1. The molecule has 4 aromatic rings. The number of amides is 1. The third-order valence-corrected chi connectivity index (χ3v) is 7.51. The minimum absolute atomic E-state index is 0.150. The van der Waals surface area contributed by atoms with Gasteiger partial charge in [0.25, 0.3) is 10.0 Å². The zero-order valence-corrected chi connectivity index (χ0v) is 20.4. The lowest BCUT2D eigenvalue weighted by Crippen LogP contribution is -2.42. The number of anilines is 1. The lowest BCUT2D eigenvalue weighted by molar-refractivity contribution is -0.130. The molecule has 0 atom stereocenters. The van der Waals surface area contributed by atoms with Crippen molar-refractivity contribution in [2.24, 2.45) is 0 Å². The molecule has 0 aromatic heterocycles. The highest BCUT2D eigenvalue weighted by Crippen LogP contribution is 2.24. The number of carbonyl (C=O) groups excluding carboxylic acids is 1. The van der Waals surface area contributed by atoms with Gasteiger partial charge in [-0.1, -0.05) is 96.6 Å². The van der Waals surface area contributed by atoms with E-state index in [9.17, 15) is 13.2 Å². The molecule has 5 nitrogen and oxygen atoms in total. The normalized spacial score (nSPS) is 11.1. The largest absolute Gasteiger partial charge is 0.332 e. The lowest BCUT2D eigenvalue weighted by atomic mass is 10.1. The first-order valence-corrected chi connectivity index (χ1v) is 12.9. The van der Waals surface area contributed by atoms with E-state index in [2.05, 4.69) is 0 Å². The number of nitrogens with zero attached hydrogens (tertiary/aromatic N) is 2. The summed E-state index contributed by atoms with van der Waals surface area (Å²) in [6.07, 6.45) is 0. The summed E-state index contributed by atoms with van der Waals surface area (Å²) in [5.74, 6) is -0.280. The van der Waals surface area contributed by atoms with Crippen molar-refractivity contribution in [1.29, 1.82) is 0 Å². The van der Waals surface area contributed by atoms with Gasteiger partial charge in [0, 0.05) is 13.1 Å². The van der Waals surface area contributed by atoms with Crippen LogP contribution in [0.15, 0.2) is 120 Å². The first kappa shape index (κ1) is 24.2. The van der Waals surface area contributed by atoms with E-state index >= 15 is 0 Å². The summed E-state index contributed by atoms with van der Waals surface area (Å²) in [6, 6.07) is 34.9. The monoisotopic (exact) mass is 484 g/mol. The molecular formula is C29H28N2O3S. The van der Waals surface area contributed by atoms with E-state index in [-0.39, 0.29) is 17.3 Å². The van der Waals surface area contributed by atoms with Crippen LogP contribution in [0, 0.1) is 6.92 Å². The lowest BCUT2D eigenvalue weighted by Gasteiger charge is -2.29. The number of carbonyl (C=O) groups is 1. The Kier molecular flexibility index (Phi) is 7.63. The van der Waals surface area contributed by atoms with Crippen molar-refractivity contribution in [3.05, 3.63) is 132 Å². The van der Waals surface area contributed by atoms with Gasteiger partial charge < -0.3 is 4.90 Å². The second kappa shape index (κ2) is 11.0. The Balaban J connectivity index is 1.67. The summed E-state index contributed by atoms with van der Waals surface area (Å²) < 4.78 is 28.5. The van der Waals surface area contributed by atoms with E-state index in [1.807, 2.05) is 73.7 Å².